The fraction of sp³-hybridized carbons (Fsp3) is 0.111. The molecule has 0 aliphatic rings. The molecule has 0 unspecified atom stereocenters. The maximum Gasteiger partial charge on any atom is 0.435 e. The third-order valence-corrected chi connectivity index (χ3v) is 3.52. The van der Waals surface area contributed by atoms with Gasteiger partial charge in [-0.1, -0.05) is 17.7 Å². The highest BCUT2D eigenvalue weighted by molar-refractivity contribution is 5.90. The first-order valence-corrected chi connectivity index (χ1v) is 7.46. The van der Waals surface area contributed by atoms with Gasteiger partial charge < -0.3 is 4.74 Å². The number of aryl methyl sites for hydroxylation is 1. The molecule has 0 N–H and O–H groups in total. The Morgan fingerprint density at radius 1 is 1.04 bits per heavy atom. The second-order valence-corrected chi connectivity index (χ2v) is 5.51. The van der Waals surface area contributed by atoms with Crippen molar-refractivity contribution in [2.75, 3.05) is 0 Å². The molecule has 0 radical (unpaired) electrons. The van der Waals surface area contributed by atoms with Crippen LogP contribution in [0.1, 0.15) is 21.6 Å². The highest BCUT2D eigenvalue weighted by Gasteiger charge is 2.36. The van der Waals surface area contributed by atoms with Crippen LogP contribution >= 0.6 is 0 Å². The summed E-state index contributed by atoms with van der Waals surface area (Å²) in [5.74, 6) is -1.87. The van der Waals surface area contributed by atoms with Crippen LogP contribution in [0.4, 0.5) is 17.6 Å². The van der Waals surface area contributed by atoms with E-state index in [1.54, 1.807) is 24.3 Å². The van der Waals surface area contributed by atoms with Crippen LogP contribution < -0.4 is 4.74 Å². The van der Waals surface area contributed by atoms with Gasteiger partial charge in [0.15, 0.2) is 5.69 Å². The van der Waals surface area contributed by atoms with E-state index in [0.29, 0.717) is 11.8 Å². The minimum absolute atomic E-state index is 0.00313. The highest BCUT2D eigenvalue weighted by atomic mass is 19.4. The van der Waals surface area contributed by atoms with Crippen molar-refractivity contribution in [3.63, 3.8) is 0 Å². The van der Waals surface area contributed by atoms with E-state index in [4.69, 9.17) is 4.74 Å². The Hall–Kier alpha value is -3.16. The van der Waals surface area contributed by atoms with Crippen molar-refractivity contribution >= 4 is 5.97 Å². The van der Waals surface area contributed by atoms with E-state index in [9.17, 15) is 22.4 Å². The van der Waals surface area contributed by atoms with Gasteiger partial charge >= 0.3 is 12.1 Å². The molecule has 2 aromatic carbocycles. The Kier molecular flexibility index (Phi) is 4.50. The number of carbonyl (C=O) groups excluding carboxylic acids is 1. The zero-order valence-corrected chi connectivity index (χ0v) is 13.4. The molecule has 26 heavy (non-hydrogen) atoms. The SMILES string of the molecule is Cc1ccc(-n2nc(C(F)(F)F)cc2OC(=O)c2ccc(F)cc2)cc1. The third-order valence-electron chi connectivity index (χ3n) is 3.52. The van der Waals surface area contributed by atoms with Crippen LogP contribution in [0.15, 0.2) is 54.6 Å². The molecule has 0 fully saturated rings. The maximum atomic E-state index is 13.0. The van der Waals surface area contributed by atoms with Crippen molar-refractivity contribution < 1.29 is 27.1 Å². The van der Waals surface area contributed by atoms with Crippen LogP contribution in [0.25, 0.3) is 5.69 Å². The van der Waals surface area contributed by atoms with Gasteiger partial charge in [0.25, 0.3) is 0 Å². The molecule has 3 aromatic rings. The summed E-state index contributed by atoms with van der Waals surface area (Å²) >= 11 is 0. The number of hydrogen-bond acceptors (Lipinski definition) is 3. The number of aromatic nitrogens is 2. The average Bonchev–Trinajstić information content (AvgIpc) is 3.00. The normalized spacial score (nSPS) is 11.4. The topological polar surface area (TPSA) is 44.1 Å². The van der Waals surface area contributed by atoms with Crippen LogP contribution in [-0.2, 0) is 6.18 Å². The molecule has 0 saturated heterocycles. The fourth-order valence-corrected chi connectivity index (χ4v) is 2.19. The summed E-state index contributed by atoms with van der Waals surface area (Å²) in [4.78, 5) is 12.2. The second-order valence-electron chi connectivity index (χ2n) is 5.51. The fourth-order valence-electron chi connectivity index (χ4n) is 2.19. The molecule has 3 rings (SSSR count). The predicted molar refractivity (Wildman–Crippen MR) is 84.7 cm³/mol. The predicted octanol–water partition coefficient (Wildman–Crippen LogP) is 4.56. The summed E-state index contributed by atoms with van der Waals surface area (Å²) in [7, 11) is 0. The number of rotatable bonds is 3. The Bertz CT molecular complexity index is 929. The first-order chi connectivity index (χ1) is 12.2. The largest absolute Gasteiger partial charge is 0.435 e. The zero-order valence-electron chi connectivity index (χ0n) is 13.4. The van der Waals surface area contributed by atoms with E-state index in [1.807, 2.05) is 6.92 Å². The first-order valence-electron chi connectivity index (χ1n) is 7.46. The smallest absolute Gasteiger partial charge is 0.404 e. The molecule has 134 valence electrons. The van der Waals surface area contributed by atoms with Gasteiger partial charge in [-0.15, -0.1) is 0 Å². The number of benzene rings is 2. The van der Waals surface area contributed by atoms with Gasteiger partial charge in [0.1, 0.15) is 5.82 Å². The van der Waals surface area contributed by atoms with Crippen molar-refractivity contribution in [3.05, 3.63) is 77.2 Å². The number of halogens is 4. The minimum Gasteiger partial charge on any atom is -0.404 e. The molecule has 0 bridgehead atoms. The zero-order chi connectivity index (χ0) is 18.9. The Labute approximate surface area is 145 Å². The van der Waals surface area contributed by atoms with Gasteiger partial charge in [0.2, 0.25) is 5.88 Å². The number of nitrogens with zero attached hydrogens (tertiary/aromatic N) is 2. The summed E-state index contributed by atoms with van der Waals surface area (Å²) in [5, 5.41) is 3.50. The Morgan fingerprint density at radius 3 is 2.23 bits per heavy atom. The third kappa shape index (κ3) is 3.74. The molecule has 0 amide bonds. The summed E-state index contributed by atoms with van der Waals surface area (Å²) in [6.45, 7) is 1.82. The standard InChI is InChI=1S/C18H12F4N2O2/c1-11-2-8-14(9-3-11)24-16(10-15(23-24)18(20,21)22)26-17(25)12-4-6-13(19)7-5-12/h2-10H,1H3. The van der Waals surface area contributed by atoms with Crippen LogP contribution in [0, 0.1) is 12.7 Å². The van der Waals surface area contributed by atoms with Gasteiger partial charge in [-0.25, -0.2) is 13.9 Å². The van der Waals surface area contributed by atoms with E-state index >= 15 is 0 Å². The number of ether oxygens (including phenoxy) is 1. The van der Waals surface area contributed by atoms with Gasteiger partial charge in [0, 0.05) is 6.07 Å². The van der Waals surface area contributed by atoms with Crippen LogP contribution in [0.2, 0.25) is 0 Å². The lowest BCUT2D eigenvalue weighted by atomic mass is 10.2. The summed E-state index contributed by atoms with van der Waals surface area (Å²) in [5.41, 5.74) is 0.00594. The lowest BCUT2D eigenvalue weighted by molar-refractivity contribution is -0.141. The van der Waals surface area contributed by atoms with E-state index in [1.165, 1.54) is 12.1 Å². The molecule has 1 heterocycles. The number of hydrogen-bond donors (Lipinski definition) is 0. The van der Waals surface area contributed by atoms with E-state index in [0.717, 1.165) is 22.4 Å². The second kappa shape index (κ2) is 6.62. The van der Waals surface area contributed by atoms with Crippen molar-refractivity contribution in [2.45, 2.75) is 13.1 Å². The van der Waals surface area contributed by atoms with Crippen LogP contribution in [-0.4, -0.2) is 15.7 Å². The molecule has 0 aliphatic heterocycles. The minimum atomic E-state index is -4.70. The van der Waals surface area contributed by atoms with Gasteiger partial charge in [-0.2, -0.15) is 18.3 Å². The summed E-state index contributed by atoms with van der Waals surface area (Å²) < 4.78 is 57.9. The van der Waals surface area contributed by atoms with Gasteiger partial charge in [-0.3, -0.25) is 0 Å². The molecule has 1 aromatic heterocycles. The summed E-state index contributed by atoms with van der Waals surface area (Å²) in [6, 6.07) is 11.6. The van der Waals surface area contributed by atoms with Crippen molar-refractivity contribution in [3.8, 4) is 11.6 Å². The molecule has 0 saturated carbocycles. The molecular weight excluding hydrogens is 352 g/mol. The van der Waals surface area contributed by atoms with Gasteiger partial charge in [-0.05, 0) is 43.3 Å². The summed E-state index contributed by atoms with van der Waals surface area (Å²) in [6.07, 6.45) is -4.70. The Balaban J connectivity index is 1.99. The van der Waals surface area contributed by atoms with Gasteiger partial charge in [0.05, 0.1) is 11.3 Å². The number of esters is 1. The van der Waals surface area contributed by atoms with Crippen molar-refractivity contribution in [1.82, 2.24) is 9.78 Å². The van der Waals surface area contributed by atoms with Crippen molar-refractivity contribution in [2.24, 2.45) is 0 Å². The molecule has 8 heteroatoms. The average molecular weight is 364 g/mol. The molecule has 0 aliphatic carbocycles. The molecule has 0 atom stereocenters. The quantitative estimate of drug-likeness (QED) is 0.506. The monoisotopic (exact) mass is 364 g/mol. The number of alkyl halides is 3. The molecule has 4 nitrogen and oxygen atoms in total. The lowest BCUT2D eigenvalue weighted by Gasteiger charge is -2.08. The van der Waals surface area contributed by atoms with E-state index in [2.05, 4.69) is 5.10 Å². The Morgan fingerprint density at radius 2 is 1.65 bits per heavy atom. The molecule has 0 spiro atoms. The first kappa shape index (κ1) is 17.7. The van der Waals surface area contributed by atoms with E-state index < -0.39 is 29.5 Å². The van der Waals surface area contributed by atoms with Crippen LogP contribution in [0.3, 0.4) is 0 Å². The highest BCUT2D eigenvalue weighted by Crippen LogP contribution is 2.32. The van der Waals surface area contributed by atoms with Crippen molar-refractivity contribution in [1.29, 1.82) is 0 Å². The lowest BCUT2D eigenvalue weighted by Crippen LogP contribution is -2.12. The van der Waals surface area contributed by atoms with E-state index in [-0.39, 0.29) is 5.56 Å². The number of carbonyl (C=O) groups is 1. The molecular formula is C18H12F4N2O2. The van der Waals surface area contributed by atoms with Crippen LogP contribution in [0.5, 0.6) is 5.88 Å². The maximum absolute atomic E-state index is 13.0.